The van der Waals surface area contributed by atoms with Crippen LogP contribution >= 0.6 is 0 Å². The number of unbranched alkanes of at least 4 members (excludes halogenated alkanes) is 3. The first-order valence-corrected chi connectivity index (χ1v) is 5.68. The van der Waals surface area contributed by atoms with Gasteiger partial charge in [-0.05, 0) is 13.3 Å². The Bertz CT molecular complexity index is 328. The van der Waals surface area contributed by atoms with Crippen LogP contribution in [0.25, 0.3) is 0 Å². The standard InChI is InChI=1S/C12H20N2O/c1-4-5-6-7-8-12(15)11-9-14(3)13-10(11)2/h9H,4-8H2,1-3H3. The molecule has 0 aliphatic heterocycles. The SMILES string of the molecule is CCCCCCC(=O)c1cn(C)nc1C. The summed E-state index contributed by atoms with van der Waals surface area (Å²) in [5.41, 5.74) is 1.63. The van der Waals surface area contributed by atoms with Crippen LogP contribution in [0.15, 0.2) is 6.20 Å². The van der Waals surface area contributed by atoms with Crippen molar-refractivity contribution < 1.29 is 4.79 Å². The molecule has 0 aliphatic carbocycles. The fourth-order valence-corrected chi connectivity index (χ4v) is 1.72. The van der Waals surface area contributed by atoms with Gasteiger partial charge in [0.25, 0.3) is 0 Å². The van der Waals surface area contributed by atoms with Crippen LogP contribution < -0.4 is 0 Å². The van der Waals surface area contributed by atoms with Crippen LogP contribution in [0.2, 0.25) is 0 Å². The molecule has 1 aromatic rings. The maximum atomic E-state index is 11.8. The summed E-state index contributed by atoms with van der Waals surface area (Å²) in [7, 11) is 1.85. The number of ketones is 1. The third-order valence-corrected chi connectivity index (χ3v) is 2.57. The maximum Gasteiger partial charge on any atom is 0.166 e. The molecule has 0 atom stereocenters. The lowest BCUT2D eigenvalue weighted by Gasteiger charge is -1.98. The highest BCUT2D eigenvalue weighted by molar-refractivity contribution is 5.96. The second kappa shape index (κ2) is 5.69. The summed E-state index contributed by atoms with van der Waals surface area (Å²) in [4.78, 5) is 11.8. The van der Waals surface area contributed by atoms with Crippen molar-refractivity contribution >= 4 is 5.78 Å². The third kappa shape index (κ3) is 3.50. The number of aryl methyl sites for hydroxylation is 2. The molecule has 1 aromatic heterocycles. The monoisotopic (exact) mass is 208 g/mol. The van der Waals surface area contributed by atoms with Gasteiger partial charge in [-0.2, -0.15) is 5.10 Å². The predicted octanol–water partition coefficient (Wildman–Crippen LogP) is 2.88. The lowest BCUT2D eigenvalue weighted by molar-refractivity contribution is 0.0978. The first-order chi connectivity index (χ1) is 7.15. The molecule has 0 aromatic carbocycles. The van der Waals surface area contributed by atoms with Crippen molar-refractivity contribution in [3.8, 4) is 0 Å². The summed E-state index contributed by atoms with van der Waals surface area (Å²) in [5.74, 6) is 0.233. The highest BCUT2D eigenvalue weighted by Crippen LogP contribution is 2.11. The first kappa shape index (κ1) is 12.0. The van der Waals surface area contributed by atoms with Gasteiger partial charge in [-0.25, -0.2) is 0 Å². The molecule has 84 valence electrons. The Morgan fingerprint density at radius 2 is 2.13 bits per heavy atom. The summed E-state index contributed by atoms with van der Waals surface area (Å²) in [6, 6.07) is 0. The Hall–Kier alpha value is -1.12. The second-order valence-electron chi connectivity index (χ2n) is 4.04. The van der Waals surface area contributed by atoms with E-state index >= 15 is 0 Å². The predicted molar refractivity (Wildman–Crippen MR) is 61.0 cm³/mol. The number of Topliss-reactive ketones (excluding diaryl/α,β-unsaturated/α-hetero) is 1. The van der Waals surface area contributed by atoms with Crippen molar-refractivity contribution in [1.29, 1.82) is 0 Å². The van der Waals surface area contributed by atoms with Crippen molar-refractivity contribution in [1.82, 2.24) is 9.78 Å². The molecule has 0 bridgehead atoms. The summed E-state index contributed by atoms with van der Waals surface area (Å²) in [5, 5.41) is 4.17. The molecule has 0 fully saturated rings. The smallest absolute Gasteiger partial charge is 0.166 e. The minimum Gasteiger partial charge on any atom is -0.294 e. The van der Waals surface area contributed by atoms with E-state index in [1.165, 1.54) is 12.8 Å². The van der Waals surface area contributed by atoms with Crippen LogP contribution in [0, 0.1) is 6.92 Å². The average Bonchev–Trinajstić information content (AvgIpc) is 2.52. The van der Waals surface area contributed by atoms with E-state index in [1.807, 2.05) is 20.2 Å². The van der Waals surface area contributed by atoms with E-state index in [0.717, 1.165) is 24.1 Å². The lowest BCUT2D eigenvalue weighted by Crippen LogP contribution is -1.99. The molecule has 0 saturated carbocycles. The number of hydrogen-bond acceptors (Lipinski definition) is 2. The fourth-order valence-electron chi connectivity index (χ4n) is 1.72. The van der Waals surface area contributed by atoms with E-state index in [2.05, 4.69) is 12.0 Å². The summed E-state index contributed by atoms with van der Waals surface area (Å²) < 4.78 is 1.70. The van der Waals surface area contributed by atoms with Crippen LogP contribution in [0.1, 0.15) is 55.1 Å². The van der Waals surface area contributed by atoms with Crippen molar-refractivity contribution in [2.24, 2.45) is 7.05 Å². The van der Waals surface area contributed by atoms with Gasteiger partial charge in [-0.3, -0.25) is 9.48 Å². The number of carbonyl (C=O) groups excluding carboxylic acids is 1. The molecule has 15 heavy (non-hydrogen) atoms. The maximum absolute atomic E-state index is 11.8. The Morgan fingerprint density at radius 3 is 2.67 bits per heavy atom. The topological polar surface area (TPSA) is 34.9 Å². The first-order valence-electron chi connectivity index (χ1n) is 5.68. The molecule has 0 aliphatic rings. The Labute approximate surface area is 91.5 Å². The van der Waals surface area contributed by atoms with Gasteiger partial charge in [0, 0.05) is 19.7 Å². The zero-order valence-corrected chi connectivity index (χ0v) is 9.92. The van der Waals surface area contributed by atoms with E-state index in [0.29, 0.717) is 6.42 Å². The van der Waals surface area contributed by atoms with Gasteiger partial charge in [-0.15, -0.1) is 0 Å². The molecular formula is C12H20N2O. The molecule has 0 spiro atoms. The molecule has 0 unspecified atom stereocenters. The van der Waals surface area contributed by atoms with Gasteiger partial charge in [0.1, 0.15) is 0 Å². The van der Waals surface area contributed by atoms with E-state index < -0.39 is 0 Å². The number of aromatic nitrogens is 2. The number of nitrogens with zero attached hydrogens (tertiary/aromatic N) is 2. The van der Waals surface area contributed by atoms with Crippen molar-refractivity contribution in [3.63, 3.8) is 0 Å². The lowest BCUT2D eigenvalue weighted by atomic mass is 10.1. The Balaban J connectivity index is 2.43. The van der Waals surface area contributed by atoms with E-state index in [9.17, 15) is 4.79 Å². The molecular weight excluding hydrogens is 188 g/mol. The number of rotatable bonds is 6. The molecule has 0 N–H and O–H groups in total. The Kier molecular flexibility index (Phi) is 4.53. The Morgan fingerprint density at radius 1 is 1.40 bits per heavy atom. The van der Waals surface area contributed by atoms with Crippen LogP contribution in [-0.2, 0) is 7.05 Å². The molecule has 1 heterocycles. The van der Waals surface area contributed by atoms with Crippen LogP contribution in [0.4, 0.5) is 0 Å². The van der Waals surface area contributed by atoms with Crippen LogP contribution in [0.5, 0.6) is 0 Å². The summed E-state index contributed by atoms with van der Waals surface area (Å²) >= 11 is 0. The number of carbonyl (C=O) groups is 1. The zero-order chi connectivity index (χ0) is 11.3. The normalized spacial score (nSPS) is 10.6. The third-order valence-electron chi connectivity index (χ3n) is 2.57. The highest BCUT2D eigenvalue weighted by atomic mass is 16.1. The minimum atomic E-state index is 0.233. The van der Waals surface area contributed by atoms with Gasteiger partial charge >= 0.3 is 0 Å². The van der Waals surface area contributed by atoms with Crippen LogP contribution in [-0.4, -0.2) is 15.6 Å². The van der Waals surface area contributed by atoms with E-state index in [-0.39, 0.29) is 5.78 Å². The van der Waals surface area contributed by atoms with Gasteiger partial charge in [0.2, 0.25) is 0 Å². The average molecular weight is 208 g/mol. The van der Waals surface area contributed by atoms with Crippen LogP contribution in [0.3, 0.4) is 0 Å². The van der Waals surface area contributed by atoms with Gasteiger partial charge in [0.15, 0.2) is 5.78 Å². The molecule has 0 amide bonds. The van der Waals surface area contributed by atoms with Gasteiger partial charge in [0.05, 0.1) is 11.3 Å². The molecule has 3 nitrogen and oxygen atoms in total. The zero-order valence-electron chi connectivity index (χ0n) is 9.92. The van der Waals surface area contributed by atoms with E-state index in [4.69, 9.17) is 0 Å². The highest BCUT2D eigenvalue weighted by Gasteiger charge is 2.11. The van der Waals surface area contributed by atoms with Crippen molar-refractivity contribution in [3.05, 3.63) is 17.5 Å². The number of hydrogen-bond donors (Lipinski definition) is 0. The van der Waals surface area contributed by atoms with Crippen molar-refractivity contribution in [2.45, 2.75) is 46.0 Å². The van der Waals surface area contributed by atoms with E-state index in [1.54, 1.807) is 4.68 Å². The molecule has 1 rings (SSSR count). The van der Waals surface area contributed by atoms with Crippen molar-refractivity contribution in [2.75, 3.05) is 0 Å². The fraction of sp³-hybridized carbons (Fsp3) is 0.667. The molecule has 3 heteroatoms. The van der Waals surface area contributed by atoms with Gasteiger partial charge in [-0.1, -0.05) is 26.2 Å². The summed E-state index contributed by atoms with van der Waals surface area (Å²) in [6.07, 6.45) is 7.06. The summed E-state index contributed by atoms with van der Waals surface area (Å²) in [6.45, 7) is 4.06. The molecule has 0 saturated heterocycles. The molecule has 0 radical (unpaired) electrons. The second-order valence-corrected chi connectivity index (χ2v) is 4.04. The van der Waals surface area contributed by atoms with Gasteiger partial charge < -0.3 is 0 Å². The minimum absolute atomic E-state index is 0.233. The largest absolute Gasteiger partial charge is 0.294 e. The quantitative estimate of drug-likeness (QED) is 0.532.